The fraction of sp³-hybridized carbons (Fsp3) is 0.308. The lowest BCUT2D eigenvalue weighted by atomic mass is 9.90. The van der Waals surface area contributed by atoms with Gasteiger partial charge in [-0.15, -0.1) is 11.3 Å². The molecule has 0 aliphatic heterocycles. The molecule has 170 valence electrons. The molecule has 0 saturated heterocycles. The average molecular weight is 464 g/mol. The second-order valence-corrected chi connectivity index (χ2v) is 9.73. The van der Waals surface area contributed by atoms with E-state index < -0.39 is 18.0 Å². The summed E-state index contributed by atoms with van der Waals surface area (Å²) in [6.45, 7) is 3.79. The lowest BCUT2D eigenvalue weighted by Gasteiger charge is -2.16. The van der Waals surface area contributed by atoms with Gasteiger partial charge in [0.2, 0.25) is 0 Å². The molecule has 0 spiro atoms. The standard InChI is InChI=1S/C26H25NO5S/c1-14-8-9-23-16(10-14)11-24(33-23)26(29)31-15(2)25(28)27-19-13-21-18(12-22(19)30-3)17-6-4-5-7-20(17)32-21/h4-7,11-15H,8-10H2,1-3H3,(H,27,28)/t14-,15-/m0/s1. The number of carbonyl (C=O) groups is 2. The van der Waals surface area contributed by atoms with E-state index in [1.165, 1.54) is 21.8 Å². The molecular formula is C26H25NO5S. The summed E-state index contributed by atoms with van der Waals surface area (Å²) in [5, 5.41) is 4.68. The van der Waals surface area contributed by atoms with Crippen LogP contribution in [0.2, 0.25) is 0 Å². The van der Waals surface area contributed by atoms with Crippen molar-refractivity contribution in [2.45, 2.75) is 39.2 Å². The van der Waals surface area contributed by atoms with Gasteiger partial charge in [-0.2, -0.15) is 0 Å². The Balaban J connectivity index is 1.32. The van der Waals surface area contributed by atoms with Crippen molar-refractivity contribution >= 4 is 50.8 Å². The summed E-state index contributed by atoms with van der Waals surface area (Å²) in [5.74, 6) is 0.220. The Morgan fingerprint density at radius 2 is 1.97 bits per heavy atom. The number of esters is 1. The van der Waals surface area contributed by atoms with Crippen LogP contribution < -0.4 is 10.1 Å². The van der Waals surface area contributed by atoms with Gasteiger partial charge in [-0.3, -0.25) is 4.79 Å². The molecule has 5 rings (SSSR count). The quantitative estimate of drug-likeness (QED) is 0.369. The SMILES string of the molecule is COc1cc2c(cc1NC(=O)[C@H](C)OC(=O)c1cc3c(s1)CC[C@H](C)C3)oc1ccccc12. The Kier molecular flexibility index (Phi) is 5.58. The molecule has 7 heteroatoms. The molecule has 0 unspecified atom stereocenters. The van der Waals surface area contributed by atoms with Crippen LogP contribution in [0.25, 0.3) is 21.9 Å². The topological polar surface area (TPSA) is 77.8 Å². The Bertz CT molecular complexity index is 1370. The number of thiophene rings is 1. The third-order valence-electron chi connectivity index (χ3n) is 6.14. The normalized spacial score (nSPS) is 16.4. The Hall–Kier alpha value is -3.32. The monoisotopic (exact) mass is 463 g/mol. The van der Waals surface area contributed by atoms with E-state index in [4.69, 9.17) is 13.9 Å². The van der Waals surface area contributed by atoms with E-state index in [2.05, 4.69) is 12.2 Å². The minimum atomic E-state index is -0.966. The molecule has 2 aromatic carbocycles. The predicted molar refractivity (Wildman–Crippen MR) is 129 cm³/mol. The van der Waals surface area contributed by atoms with Crippen LogP contribution >= 0.6 is 11.3 Å². The Morgan fingerprint density at radius 3 is 2.79 bits per heavy atom. The maximum absolute atomic E-state index is 12.8. The zero-order valence-electron chi connectivity index (χ0n) is 18.8. The largest absolute Gasteiger partial charge is 0.495 e. The van der Waals surface area contributed by atoms with E-state index in [1.54, 1.807) is 20.1 Å². The van der Waals surface area contributed by atoms with Crippen LogP contribution in [0.3, 0.4) is 0 Å². The van der Waals surface area contributed by atoms with Crippen LogP contribution in [0.5, 0.6) is 5.75 Å². The highest BCUT2D eigenvalue weighted by atomic mass is 32.1. The van der Waals surface area contributed by atoms with Gasteiger partial charge in [0.15, 0.2) is 6.10 Å². The first kappa shape index (κ1) is 21.5. The van der Waals surface area contributed by atoms with Gasteiger partial charge in [0, 0.05) is 21.7 Å². The summed E-state index contributed by atoms with van der Waals surface area (Å²) in [4.78, 5) is 27.3. The number of anilines is 1. The molecule has 1 aliphatic carbocycles. The number of rotatable bonds is 5. The van der Waals surface area contributed by atoms with E-state index >= 15 is 0 Å². The minimum absolute atomic E-state index is 0.438. The van der Waals surface area contributed by atoms with Gasteiger partial charge >= 0.3 is 5.97 Å². The van der Waals surface area contributed by atoms with E-state index in [0.717, 1.165) is 35.6 Å². The number of ether oxygens (including phenoxy) is 2. The fourth-order valence-corrected chi connectivity index (χ4v) is 5.42. The minimum Gasteiger partial charge on any atom is -0.495 e. The Morgan fingerprint density at radius 1 is 1.15 bits per heavy atom. The van der Waals surface area contributed by atoms with Crippen molar-refractivity contribution in [3.8, 4) is 5.75 Å². The van der Waals surface area contributed by atoms with Crippen LogP contribution in [0.1, 0.15) is 40.4 Å². The predicted octanol–water partition coefficient (Wildman–Crippen LogP) is 5.96. The number of carbonyl (C=O) groups excluding carboxylic acids is 2. The highest BCUT2D eigenvalue weighted by Crippen LogP contribution is 2.36. The molecule has 0 saturated carbocycles. The molecule has 2 aromatic heterocycles. The second kappa shape index (κ2) is 8.56. The third kappa shape index (κ3) is 4.09. The first-order valence-electron chi connectivity index (χ1n) is 11.1. The van der Waals surface area contributed by atoms with Crippen molar-refractivity contribution in [1.82, 2.24) is 0 Å². The van der Waals surface area contributed by atoms with Crippen molar-refractivity contribution < 1.29 is 23.5 Å². The van der Waals surface area contributed by atoms with Crippen LogP contribution in [0.15, 0.2) is 46.9 Å². The van der Waals surface area contributed by atoms with Gasteiger partial charge in [-0.05, 0) is 55.9 Å². The van der Waals surface area contributed by atoms with Gasteiger partial charge in [0.25, 0.3) is 5.91 Å². The van der Waals surface area contributed by atoms with Crippen LogP contribution in [0, 0.1) is 5.92 Å². The van der Waals surface area contributed by atoms with Gasteiger partial charge in [0.1, 0.15) is 21.8 Å². The molecule has 2 heterocycles. The van der Waals surface area contributed by atoms with Crippen molar-refractivity contribution in [1.29, 1.82) is 0 Å². The number of furan rings is 1. The molecule has 4 aromatic rings. The first-order valence-corrected chi connectivity index (χ1v) is 11.9. The van der Waals surface area contributed by atoms with Gasteiger partial charge < -0.3 is 19.2 Å². The van der Waals surface area contributed by atoms with Gasteiger partial charge in [0.05, 0.1) is 12.8 Å². The molecule has 1 amide bonds. The summed E-state index contributed by atoms with van der Waals surface area (Å²) < 4.78 is 16.9. The number of nitrogens with one attached hydrogen (secondary N) is 1. The van der Waals surface area contributed by atoms with Crippen LogP contribution in [-0.2, 0) is 22.4 Å². The number of benzene rings is 2. The number of para-hydroxylation sites is 1. The van der Waals surface area contributed by atoms with E-state index in [-0.39, 0.29) is 0 Å². The lowest BCUT2D eigenvalue weighted by molar-refractivity contribution is -0.123. The second-order valence-electron chi connectivity index (χ2n) is 8.59. The number of amides is 1. The molecule has 1 aliphatic rings. The van der Waals surface area contributed by atoms with Crippen molar-refractivity contribution in [2.24, 2.45) is 5.92 Å². The fourth-order valence-electron chi connectivity index (χ4n) is 4.33. The molecule has 0 radical (unpaired) electrons. The maximum atomic E-state index is 12.8. The molecule has 2 atom stereocenters. The summed E-state index contributed by atoms with van der Waals surface area (Å²) in [5.41, 5.74) is 3.08. The first-order chi connectivity index (χ1) is 15.9. The van der Waals surface area contributed by atoms with E-state index in [1.807, 2.05) is 36.4 Å². The molecule has 1 N–H and O–H groups in total. The van der Waals surface area contributed by atoms with Gasteiger partial charge in [-0.1, -0.05) is 25.1 Å². The third-order valence-corrected chi connectivity index (χ3v) is 7.36. The van der Waals surface area contributed by atoms with Crippen LogP contribution in [-0.4, -0.2) is 25.1 Å². The highest BCUT2D eigenvalue weighted by molar-refractivity contribution is 7.14. The number of methoxy groups -OCH3 is 1. The van der Waals surface area contributed by atoms with Crippen molar-refractivity contribution in [3.05, 3.63) is 57.8 Å². The number of aryl methyl sites for hydroxylation is 1. The Labute approximate surface area is 195 Å². The number of hydrogen-bond donors (Lipinski definition) is 1. The summed E-state index contributed by atoms with van der Waals surface area (Å²) in [6.07, 6.45) is 2.15. The summed E-state index contributed by atoms with van der Waals surface area (Å²) in [7, 11) is 1.54. The van der Waals surface area contributed by atoms with Crippen LogP contribution in [0.4, 0.5) is 5.69 Å². The van der Waals surface area contributed by atoms with Crippen molar-refractivity contribution in [3.63, 3.8) is 0 Å². The maximum Gasteiger partial charge on any atom is 0.349 e. The van der Waals surface area contributed by atoms with Gasteiger partial charge in [-0.25, -0.2) is 4.79 Å². The highest BCUT2D eigenvalue weighted by Gasteiger charge is 2.25. The average Bonchev–Trinajstić information content (AvgIpc) is 3.38. The summed E-state index contributed by atoms with van der Waals surface area (Å²) >= 11 is 1.47. The lowest BCUT2D eigenvalue weighted by Crippen LogP contribution is -2.30. The zero-order chi connectivity index (χ0) is 23.1. The molecule has 6 nitrogen and oxygen atoms in total. The molecule has 0 bridgehead atoms. The smallest absolute Gasteiger partial charge is 0.349 e. The van der Waals surface area contributed by atoms with Crippen molar-refractivity contribution in [2.75, 3.05) is 12.4 Å². The van der Waals surface area contributed by atoms with E-state index in [0.29, 0.717) is 27.8 Å². The zero-order valence-corrected chi connectivity index (χ0v) is 19.6. The molecule has 0 fully saturated rings. The number of hydrogen-bond acceptors (Lipinski definition) is 6. The van der Waals surface area contributed by atoms with E-state index in [9.17, 15) is 9.59 Å². The molecular weight excluding hydrogens is 438 g/mol. The number of fused-ring (bicyclic) bond motifs is 4. The summed E-state index contributed by atoms with van der Waals surface area (Å²) in [6, 6.07) is 13.2. The molecule has 33 heavy (non-hydrogen) atoms.